The Hall–Kier alpha value is -3.27. The number of carbonyl (C=O) groups excluding carboxylic acids is 1. The lowest BCUT2D eigenvalue weighted by Gasteiger charge is -2.12. The SMILES string of the molecule is CCOc1ccc2c(c1)n(C1CCCC1)c(=O)n2S(=O)(=O)c1ccc(C(=O)OC)cc1OC. The van der Waals surface area contributed by atoms with Crippen molar-refractivity contribution >= 4 is 27.0 Å². The second-order valence-corrected chi connectivity index (χ2v) is 9.56. The van der Waals surface area contributed by atoms with E-state index >= 15 is 0 Å². The fraction of sp³-hybridized carbons (Fsp3) is 0.391. The van der Waals surface area contributed by atoms with Crippen LogP contribution in [-0.2, 0) is 14.8 Å². The smallest absolute Gasteiger partial charge is 0.343 e. The molecule has 10 heteroatoms. The molecule has 2 aromatic carbocycles. The minimum atomic E-state index is -4.36. The van der Waals surface area contributed by atoms with Gasteiger partial charge in [0, 0.05) is 12.1 Å². The zero-order valence-corrected chi connectivity index (χ0v) is 19.6. The number of benzene rings is 2. The van der Waals surface area contributed by atoms with Gasteiger partial charge >= 0.3 is 11.7 Å². The molecule has 0 N–H and O–H groups in total. The quantitative estimate of drug-likeness (QED) is 0.484. The Morgan fingerprint density at radius 2 is 1.79 bits per heavy atom. The third-order valence-electron chi connectivity index (χ3n) is 5.91. The largest absolute Gasteiger partial charge is 0.495 e. The van der Waals surface area contributed by atoms with Gasteiger partial charge in [-0.25, -0.2) is 18.0 Å². The van der Waals surface area contributed by atoms with Crippen LogP contribution >= 0.6 is 0 Å². The highest BCUT2D eigenvalue weighted by molar-refractivity contribution is 7.90. The van der Waals surface area contributed by atoms with E-state index in [0.717, 1.165) is 29.7 Å². The summed E-state index contributed by atoms with van der Waals surface area (Å²) in [7, 11) is -1.83. The van der Waals surface area contributed by atoms with Crippen LogP contribution in [0.2, 0.25) is 0 Å². The van der Waals surface area contributed by atoms with E-state index in [1.165, 1.54) is 32.4 Å². The predicted octanol–water partition coefficient (Wildman–Crippen LogP) is 3.35. The van der Waals surface area contributed by atoms with Crippen LogP contribution < -0.4 is 15.2 Å². The Morgan fingerprint density at radius 3 is 2.42 bits per heavy atom. The molecule has 9 nitrogen and oxygen atoms in total. The first kappa shape index (κ1) is 22.9. The molecule has 0 spiro atoms. The molecule has 1 heterocycles. The molecule has 1 saturated carbocycles. The van der Waals surface area contributed by atoms with Crippen LogP contribution in [0.5, 0.6) is 11.5 Å². The second-order valence-electron chi connectivity index (χ2n) is 7.80. The molecule has 1 aromatic heterocycles. The van der Waals surface area contributed by atoms with E-state index in [1.807, 2.05) is 6.92 Å². The van der Waals surface area contributed by atoms with Crippen LogP contribution in [0.1, 0.15) is 49.0 Å². The lowest BCUT2D eigenvalue weighted by atomic mass is 10.2. The molecule has 0 saturated heterocycles. The van der Waals surface area contributed by atoms with Gasteiger partial charge in [0.1, 0.15) is 16.4 Å². The number of hydrogen-bond donors (Lipinski definition) is 0. The van der Waals surface area contributed by atoms with Crippen molar-refractivity contribution in [3.8, 4) is 11.5 Å². The fourth-order valence-electron chi connectivity index (χ4n) is 4.40. The second kappa shape index (κ2) is 8.93. The highest BCUT2D eigenvalue weighted by Gasteiger charge is 2.31. The first-order valence-electron chi connectivity index (χ1n) is 10.7. The molecule has 1 aliphatic carbocycles. The van der Waals surface area contributed by atoms with Crippen molar-refractivity contribution in [2.75, 3.05) is 20.8 Å². The summed E-state index contributed by atoms with van der Waals surface area (Å²) >= 11 is 0. The zero-order valence-electron chi connectivity index (χ0n) is 18.7. The maximum atomic E-state index is 13.8. The molecule has 3 aromatic rings. The Labute approximate surface area is 191 Å². The number of carbonyl (C=O) groups is 1. The van der Waals surface area contributed by atoms with Crippen molar-refractivity contribution in [3.63, 3.8) is 0 Å². The van der Waals surface area contributed by atoms with Crippen molar-refractivity contribution in [3.05, 3.63) is 52.4 Å². The van der Waals surface area contributed by atoms with Crippen LogP contribution in [0.15, 0.2) is 46.1 Å². The predicted molar refractivity (Wildman–Crippen MR) is 122 cm³/mol. The Morgan fingerprint density at radius 1 is 1.06 bits per heavy atom. The molecule has 4 rings (SSSR count). The molecule has 0 unspecified atom stereocenters. The van der Waals surface area contributed by atoms with E-state index in [4.69, 9.17) is 14.2 Å². The molecule has 0 aliphatic heterocycles. The van der Waals surface area contributed by atoms with E-state index < -0.39 is 21.7 Å². The third kappa shape index (κ3) is 3.88. The summed E-state index contributed by atoms with van der Waals surface area (Å²) in [6.07, 6.45) is 3.55. The summed E-state index contributed by atoms with van der Waals surface area (Å²) in [5.41, 5.74) is 0.265. The van der Waals surface area contributed by atoms with E-state index in [9.17, 15) is 18.0 Å². The number of nitrogens with zero attached hydrogens (tertiary/aromatic N) is 2. The number of esters is 1. The highest BCUT2D eigenvalue weighted by atomic mass is 32.2. The standard InChI is InChI=1S/C23H26N2O7S/c1-4-32-17-10-11-18-19(14-17)24(16-7-5-6-8-16)23(27)25(18)33(28,29)21-12-9-15(22(26)31-3)13-20(21)30-2/h9-14,16H,4-8H2,1-3H3. The van der Waals surface area contributed by atoms with Crippen LogP contribution in [-0.4, -0.2) is 43.8 Å². The van der Waals surface area contributed by atoms with E-state index in [1.54, 1.807) is 22.8 Å². The molecule has 1 aliphatic rings. The minimum absolute atomic E-state index is 0.0579. The first-order valence-corrected chi connectivity index (χ1v) is 12.2. The fourth-order valence-corrected chi connectivity index (χ4v) is 5.94. The van der Waals surface area contributed by atoms with Crippen LogP contribution in [0.3, 0.4) is 0 Å². The Balaban J connectivity index is 1.96. The van der Waals surface area contributed by atoms with Gasteiger partial charge in [-0.1, -0.05) is 12.8 Å². The van der Waals surface area contributed by atoms with Crippen molar-refractivity contribution in [2.45, 2.75) is 43.5 Å². The molecule has 33 heavy (non-hydrogen) atoms. The summed E-state index contributed by atoms with van der Waals surface area (Å²) < 4.78 is 45.5. The van der Waals surface area contributed by atoms with Crippen LogP contribution in [0.4, 0.5) is 0 Å². The first-order chi connectivity index (χ1) is 15.8. The number of hydrogen-bond acceptors (Lipinski definition) is 7. The van der Waals surface area contributed by atoms with Gasteiger partial charge < -0.3 is 14.2 Å². The lowest BCUT2D eigenvalue weighted by molar-refractivity contribution is 0.0600. The molecule has 0 amide bonds. The number of fused-ring (bicyclic) bond motifs is 1. The lowest BCUT2D eigenvalue weighted by Crippen LogP contribution is -2.31. The summed E-state index contributed by atoms with van der Waals surface area (Å²) in [5.74, 6) is -0.125. The van der Waals surface area contributed by atoms with E-state index in [2.05, 4.69) is 0 Å². The third-order valence-corrected chi connectivity index (χ3v) is 7.64. The van der Waals surface area contributed by atoms with Gasteiger partial charge in [-0.15, -0.1) is 0 Å². The van der Waals surface area contributed by atoms with Crippen molar-refractivity contribution in [1.82, 2.24) is 8.54 Å². The number of imidazole rings is 1. The topological polar surface area (TPSA) is 106 Å². The van der Waals surface area contributed by atoms with Gasteiger partial charge in [0.05, 0.1) is 37.4 Å². The Bertz CT molecular complexity index is 1370. The number of aromatic nitrogens is 2. The minimum Gasteiger partial charge on any atom is -0.495 e. The highest BCUT2D eigenvalue weighted by Crippen LogP contribution is 2.34. The summed E-state index contributed by atoms with van der Waals surface area (Å²) in [6.45, 7) is 2.30. The number of ether oxygens (including phenoxy) is 3. The van der Waals surface area contributed by atoms with Crippen LogP contribution in [0, 0.1) is 0 Å². The van der Waals surface area contributed by atoms with Crippen LogP contribution in [0.25, 0.3) is 11.0 Å². The van der Waals surface area contributed by atoms with Gasteiger partial charge in [0.2, 0.25) is 0 Å². The van der Waals surface area contributed by atoms with E-state index in [-0.39, 0.29) is 27.8 Å². The molecule has 1 fully saturated rings. The van der Waals surface area contributed by atoms with Crippen molar-refractivity contribution < 1.29 is 27.4 Å². The summed E-state index contributed by atoms with van der Waals surface area (Å²) in [5, 5.41) is 0. The van der Waals surface area contributed by atoms with Gasteiger partial charge in [0.25, 0.3) is 10.0 Å². The number of methoxy groups -OCH3 is 2. The molecular weight excluding hydrogens is 448 g/mol. The average Bonchev–Trinajstić information content (AvgIpc) is 3.43. The molecule has 176 valence electrons. The maximum absolute atomic E-state index is 13.8. The average molecular weight is 475 g/mol. The summed E-state index contributed by atoms with van der Waals surface area (Å²) in [6, 6.07) is 8.72. The van der Waals surface area contributed by atoms with Gasteiger partial charge in [-0.3, -0.25) is 4.57 Å². The number of rotatable bonds is 7. The van der Waals surface area contributed by atoms with Gasteiger partial charge in [0.15, 0.2) is 0 Å². The van der Waals surface area contributed by atoms with E-state index in [0.29, 0.717) is 17.9 Å². The monoisotopic (exact) mass is 474 g/mol. The van der Waals surface area contributed by atoms with Crippen molar-refractivity contribution in [1.29, 1.82) is 0 Å². The normalized spacial score (nSPS) is 14.5. The van der Waals surface area contributed by atoms with Gasteiger partial charge in [-0.05, 0) is 50.1 Å². The summed E-state index contributed by atoms with van der Waals surface area (Å²) in [4.78, 5) is 25.2. The Kier molecular flexibility index (Phi) is 6.20. The van der Waals surface area contributed by atoms with Gasteiger partial charge in [-0.2, -0.15) is 3.97 Å². The zero-order chi connectivity index (χ0) is 23.8. The molecular formula is C23H26N2O7S. The molecule has 0 atom stereocenters. The molecule has 0 bridgehead atoms. The van der Waals surface area contributed by atoms with Crippen molar-refractivity contribution in [2.24, 2.45) is 0 Å². The maximum Gasteiger partial charge on any atom is 0.343 e. The molecule has 0 radical (unpaired) electrons.